The van der Waals surface area contributed by atoms with Crippen molar-refractivity contribution in [3.05, 3.63) is 10.4 Å². The lowest BCUT2D eigenvalue weighted by molar-refractivity contribution is -0.160. The molecule has 2 rings (SSSR count). The van der Waals surface area contributed by atoms with Crippen LogP contribution in [-0.2, 0) is 9.47 Å². The molecule has 5 atom stereocenters. The smallest absolute Gasteiger partial charge is 0.169 e. The quantitative estimate of drug-likeness (QED) is 0.361. The first kappa shape index (κ1) is 8.71. The Morgan fingerprint density at radius 3 is 3.08 bits per heavy atom. The third-order valence-corrected chi connectivity index (χ3v) is 2.23. The fourth-order valence-electron chi connectivity index (χ4n) is 1.53. The Labute approximate surface area is 72.9 Å². The van der Waals surface area contributed by atoms with Crippen LogP contribution in [0.25, 0.3) is 10.4 Å². The number of halogens is 1. The van der Waals surface area contributed by atoms with E-state index in [2.05, 4.69) is 10.0 Å². The second-order valence-electron chi connectivity index (χ2n) is 3.01. The lowest BCUT2D eigenvalue weighted by Gasteiger charge is -2.31. The molecule has 0 radical (unpaired) electrons. The van der Waals surface area contributed by atoms with Crippen molar-refractivity contribution in [2.45, 2.75) is 30.7 Å². The van der Waals surface area contributed by atoms with Gasteiger partial charge in [0.25, 0.3) is 0 Å². The van der Waals surface area contributed by atoms with Crippen molar-refractivity contribution in [3.8, 4) is 0 Å². The molecule has 0 spiro atoms. The third kappa shape index (κ3) is 1.26. The SMILES string of the molecule is [N-]=[N+]=NC1C(F)[C@H](O)C2CO[C@@H]1O2. The first-order valence-electron chi connectivity index (χ1n) is 3.87. The molecule has 2 fully saturated rings. The van der Waals surface area contributed by atoms with E-state index in [0.29, 0.717) is 0 Å². The van der Waals surface area contributed by atoms with Crippen molar-refractivity contribution in [3.63, 3.8) is 0 Å². The molecular weight excluding hydrogens is 181 g/mol. The van der Waals surface area contributed by atoms with E-state index in [4.69, 9.17) is 15.0 Å². The summed E-state index contributed by atoms with van der Waals surface area (Å²) < 4.78 is 23.4. The summed E-state index contributed by atoms with van der Waals surface area (Å²) in [5, 5.41) is 12.5. The minimum absolute atomic E-state index is 0.143. The average Bonchev–Trinajstić information content (AvgIpc) is 2.56. The van der Waals surface area contributed by atoms with Crippen LogP contribution in [0.15, 0.2) is 5.11 Å². The van der Waals surface area contributed by atoms with Crippen LogP contribution in [0.4, 0.5) is 4.39 Å². The normalized spacial score (nSPS) is 48.6. The zero-order valence-corrected chi connectivity index (χ0v) is 6.58. The lowest BCUT2D eigenvalue weighted by Crippen LogP contribution is -2.50. The Kier molecular flexibility index (Phi) is 2.09. The summed E-state index contributed by atoms with van der Waals surface area (Å²) in [6, 6.07) is -1.08. The Hall–Kier alpha value is -0.880. The van der Waals surface area contributed by atoms with Crippen molar-refractivity contribution in [2.75, 3.05) is 6.61 Å². The van der Waals surface area contributed by atoms with E-state index in [9.17, 15) is 9.50 Å². The van der Waals surface area contributed by atoms with Crippen LogP contribution in [0.3, 0.4) is 0 Å². The zero-order valence-electron chi connectivity index (χ0n) is 6.58. The molecule has 0 amide bonds. The van der Waals surface area contributed by atoms with Gasteiger partial charge in [0.1, 0.15) is 24.4 Å². The van der Waals surface area contributed by atoms with Crippen LogP contribution in [0.2, 0.25) is 0 Å². The second kappa shape index (κ2) is 3.12. The molecule has 0 aromatic heterocycles. The standard InChI is InChI=1S/C6H8FN3O3/c7-3-4(9-10-8)6-12-1-2(13-6)5(3)11/h2-6,11H,1H2/t2?,3?,4?,5-,6-/m1/s1. The minimum Gasteiger partial charge on any atom is -0.387 e. The molecule has 2 saturated heterocycles. The minimum atomic E-state index is -1.61. The number of fused-ring (bicyclic) bond motifs is 2. The Balaban J connectivity index is 2.21. The average molecular weight is 189 g/mol. The maximum atomic E-state index is 13.3. The topological polar surface area (TPSA) is 87.5 Å². The number of hydrogen-bond donors (Lipinski definition) is 1. The van der Waals surface area contributed by atoms with Crippen LogP contribution in [0, 0.1) is 0 Å². The van der Waals surface area contributed by atoms with Crippen LogP contribution >= 0.6 is 0 Å². The summed E-state index contributed by atoms with van der Waals surface area (Å²) in [7, 11) is 0. The fraction of sp³-hybridized carbons (Fsp3) is 1.00. The number of nitrogens with zero attached hydrogens (tertiary/aromatic N) is 3. The van der Waals surface area contributed by atoms with E-state index < -0.39 is 30.7 Å². The molecule has 0 aliphatic carbocycles. The third-order valence-electron chi connectivity index (χ3n) is 2.23. The summed E-state index contributed by atoms with van der Waals surface area (Å²) in [6.07, 6.45) is -4.36. The highest BCUT2D eigenvalue weighted by Gasteiger charge is 2.50. The van der Waals surface area contributed by atoms with Gasteiger partial charge in [-0.15, -0.1) is 0 Å². The monoisotopic (exact) mass is 189 g/mol. The Morgan fingerprint density at radius 2 is 2.38 bits per heavy atom. The van der Waals surface area contributed by atoms with E-state index >= 15 is 0 Å². The van der Waals surface area contributed by atoms with Crippen LogP contribution in [0.1, 0.15) is 0 Å². The van der Waals surface area contributed by atoms with E-state index in [0.717, 1.165) is 0 Å². The van der Waals surface area contributed by atoms with Crippen LogP contribution < -0.4 is 0 Å². The molecule has 1 N–H and O–H groups in total. The van der Waals surface area contributed by atoms with Gasteiger partial charge < -0.3 is 14.6 Å². The first-order valence-corrected chi connectivity index (χ1v) is 3.87. The largest absolute Gasteiger partial charge is 0.387 e. The molecule has 2 bridgehead atoms. The number of azide groups is 1. The van der Waals surface area contributed by atoms with Gasteiger partial charge in [0.05, 0.1) is 6.61 Å². The summed E-state index contributed by atoms with van der Waals surface area (Å²) in [6.45, 7) is 0.143. The van der Waals surface area contributed by atoms with Gasteiger partial charge in [0.15, 0.2) is 6.29 Å². The molecule has 2 heterocycles. The molecule has 2 aliphatic heterocycles. The van der Waals surface area contributed by atoms with Crippen LogP contribution in [-0.4, -0.2) is 42.4 Å². The molecule has 0 aromatic rings. The van der Waals surface area contributed by atoms with Crippen molar-refractivity contribution >= 4 is 0 Å². The van der Waals surface area contributed by atoms with E-state index in [-0.39, 0.29) is 6.61 Å². The summed E-state index contributed by atoms with van der Waals surface area (Å²) in [4.78, 5) is 2.47. The van der Waals surface area contributed by atoms with Crippen molar-refractivity contribution in [1.29, 1.82) is 0 Å². The highest BCUT2D eigenvalue weighted by Crippen LogP contribution is 2.31. The van der Waals surface area contributed by atoms with Gasteiger partial charge in [-0.3, -0.25) is 0 Å². The first-order chi connectivity index (χ1) is 6.24. The van der Waals surface area contributed by atoms with Crippen molar-refractivity contribution < 1.29 is 19.0 Å². The number of aliphatic hydroxyl groups is 1. The van der Waals surface area contributed by atoms with Crippen LogP contribution in [0.5, 0.6) is 0 Å². The van der Waals surface area contributed by atoms with Gasteiger partial charge in [-0.25, -0.2) is 4.39 Å². The number of aliphatic hydroxyl groups excluding tert-OH is 1. The number of ether oxygens (including phenoxy) is 2. The molecule has 72 valence electrons. The second-order valence-corrected chi connectivity index (χ2v) is 3.01. The van der Waals surface area contributed by atoms with E-state index in [1.165, 1.54) is 0 Å². The van der Waals surface area contributed by atoms with Gasteiger partial charge in [0.2, 0.25) is 0 Å². The van der Waals surface area contributed by atoms with Gasteiger partial charge in [-0.05, 0) is 5.53 Å². The Bertz CT molecular complexity index is 258. The molecule has 0 saturated carbocycles. The molecule has 6 nitrogen and oxygen atoms in total. The van der Waals surface area contributed by atoms with Gasteiger partial charge in [0, 0.05) is 4.91 Å². The predicted octanol–water partition coefficient (Wildman–Crippen LogP) is 0.119. The maximum Gasteiger partial charge on any atom is 0.169 e. The molecule has 0 aromatic carbocycles. The lowest BCUT2D eigenvalue weighted by atomic mass is 10.0. The van der Waals surface area contributed by atoms with Crippen molar-refractivity contribution in [2.24, 2.45) is 5.11 Å². The summed E-state index contributed by atoms with van der Waals surface area (Å²) in [5.74, 6) is 0. The number of rotatable bonds is 1. The van der Waals surface area contributed by atoms with Gasteiger partial charge in [-0.1, -0.05) is 5.11 Å². The number of alkyl halides is 1. The molecule has 7 heteroatoms. The number of hydrogen-bond acceptors (Lipinski definition) is 4. The van der Waals surface area contributed by atoms with Gasteiger partial charge in [-0.2, -0.15) is 0 Å². The molecular formula is C6H8FN3O3. The molecule has 2 aliphatic rings. The highest BCUT2D eigenvalue weighted by molar-refractivity contribution is 4.97. The highest BCUT2D eigenvalue weighted by atomic mass is 19.1. The predicted molar refractivity (Wildman–Crippen MR) is 38.4 cm³/mol. The summed E-state index contributed by atoms with van der Waals surface area (Å²) >= 11 is 0. The molecule has 3 unspecified atom stereocenters. The Morgan fingerprint density at radius 1 is 1.62 bits per heavy atom. The van der Waals surface area contributed by atoms with E-state index in [1.54, 1.807) is 0 Å². The summed E-state index contributed by atoms with van der Waals surface area (Å²) in [5.41, 5.74) is 8.15. The fourth-order valence-corrected chi connectivity index (χ4v) is 1.53. The van der Waals surface area contributed by atoms with Gasteiger partial charge >= 0.3 is 0 Å². The molecule has 13 heavy (non-hydrogen) atoms. The van der Waals surface area contributed by atoms with E-state index in [1.807, 2.05) is 0 Å². The van der Waals surface area contributed by atoms with Crippen molar-refractivity contribution in [1.82, 2.24) is 0 Å². The zero-order chi connectivity index (χ0) is 9.42. The maximum absolute atomic E-state index is 13.3.